The molecule has 2 aromatic rings. The normalized spacial score (nSPS) is 22.0. The molecule has 2 N–H and O–H groups in total. The Labute approximate surface area is 193 Å². The second-order valence-corrected chi connectivity index (χ2v) is 12.2. The van der Waals surface area contributed by atoms with E-state index in [9.17, 15) is 8.42 Å². The van der Waals surface area contributed by atoms with Crippen molar-refractivity contribution < 1.29 is 13.2 Å². The maximum Gasteiger partial charge on any atom is 0.237 e. The molecular weight excluding hydrogens is 422 g/mol. The average molecular weight is 460 g/mol. The minimum atomic E-state index is -3.43. The smallest absolute Gasteiger partial charge is 0.237 e. The van der Waals surface area contributed by atoms with Gasteiger partial charge in [0.05, 0.1) is 23.0 Å². The minimum absolute atomic E-state index is 0.202. The molecule has 3 unspecified atom stereocenters. The van der Waals surface area contributed by atoms with Crippen LogP contribution >= 0.6 is 0 Å². The number of benzene rings is 2. The van der Waals surface area contributed by atoms with Crippen molar-refractivity contribution in [3.63, 3.8) is 0 Å². The monoisotopic (exact) mass is 459 g/mol. The predicted octanol–water partition coefficient (Wildman–Crippen LogP) is 5.15. The first-order valence-corrected chi connectivity index (χ1v) is 12.7. The molecule has 3 rings (SSSR count). The first kappa shape index (κ1) is 24.4. The fraction of sp³-hybridized carbons (Fsp3) is 0.520. The Hall–Kier alpha value is -2.25. The molecule has 176 valence electrons. The predicted molar refractivity (Wildman–Crippen MR) is 134 cm³/mol. The highest BCUT2D eigenvalue weighted by molar-refractivity contribution is 7.94. The molecule has 1 heterocycles. The number of ether oxygens (including phenoxy) is 1. The Morgan fingerprint density at radius 3 is 2.31 bits per heavy atom. The molecule has 0 saturated carbocycles. The molecule has 7 heteroatoms. The summed E-state index contributed by atoms with van der Waals surface area (Å²) in [5.41, 5.74) is 5.16. The molecule has 0 aromatic heterocycles. The Morgan fingerprint density at radius 1 is 1.06 bits per heavy atom. The van der Waals surface area contributed by atoms with E-state index in [4.69, 9.17) is 4.74 Å². The number of nitrogens with zero attached hydrogens (tertiary/aromatic N) is 1. The lowest BCUT2D eigenvalue weighted by Gasteiger charge is -2.42. The summed E-state index contributed by atoms with van der Waals surface area (Å²) in [6.45, 7) is 15.2. The van der Waals surface area contributed by atoms with Crippen molar-refractivity contribution in [3.05, 3.63) is 53.6 Å². The van der Waals surface area contributed by atoms with Gasteiger partial charge in [-0.15, -0.1) is 0 Å². The highest BCUT2D eigenvalue weighted by Gasteiger charge is 2.30. The summed E-state index contributed by atoms with van der Waals surface area (Å²) in [4.78, 5) is 2.42. The first-order valence-electron chi connectivity index (χ1n) is 11.3. The summed E-state index contributed by atoms with van der Waals surface area (Å²) < 4.78 is 32.4. The summed E-state index contributed by atoms with van der Waals surface area (Å²) in [6.07, 6.45) is 0.419. The van der Waals surface area contributed by atoms with Gasteiger partial charge in [-0.25, -0.2) is 8.42 Å². The first-order chi connectivity index (χ1) is 14.9. The number of hydrogen-bond donors (Lipinski definition) is 2. The third kappa shape index (κ3) is 5.56. The zero-order chi connectivity index (χ0) is 23.7. The van der Waals surface area contributed by atoms with Crippen LogP contribution in [0.4, 0.5) is 17.1 Å². The number of rotatable bonds is 6. The quantitative estimate of drug-likeness (QED) is 0.625. The molecule has 1 aliphatic rings. The lowest BCUT2D eigenvalue weighted by Crippen LogP contribution is -2.52. The van der Waals surface area contributed by atoms with Crippen LogP contribution in [0.25, 0.3) is 0 Å². The number of hydrogen-bond acceptors (Lipinski definition) is 5. The standard InChI is InChI=1S/C25H37N3O3S/c1-17-14-23(28-16-18(2)31-20(4)19(28)3)12-13-24(17)26-15-21-8-10-22(11-9-21)27-32(29,30)25(5,6)7/h8-14,18-20,26-27H,15-16H2,1-7H3. The van der Waals surface area contributed by atoms with Gasteiger partial charge in [0, 0.05) is 30.2 Å². The number of nitrogens with one attached hydrogen (secondary N) is 2. The minimum Gasteiger partial charge on any atom is -0.381 e. The highest BCUT2D eigenvalue weighted by atomic mass is 32.2. The second kappa shape index (κ2) is 9.32. The molecule has 0 spiro atoms. The molecule has 1 saturated heterocycles. The molecule has 1 fully saturated rings. The van der Waals surface area contributed by atoms with Gasteiger partial charge in [-0.1, -0.05) is 12.1 Å². The third-order valence-corrected chi connectivity index (χ3v) is 8.23. The van der Waals surface area contributed by atoms with Crippen LogP contribution in [0.1, 0.15) is 52.7 Å². The van der Waals surface area contributed by atoms with Crippen LogP contribution in [0.2, 0.25) is 0 Å². The van der Waals surface area contributed by atoms with E-state index in [1.807, 2.05) is 12.1 Å². The van der Waals surface area contributed by atoms with E-state index in [1.165, 1.54) is 11.3 Å². The van der Waals surface area contributed by atoms with Crippen molar-refractivity contribution in [2.45, 2.75) is 78.0 Å². The SMILES string of the molecule is Cc1cc(N2CC(C)OC(C)C2C)ccc1NCc1ccc(NS(=O)(=O)C(C)(C)C)cc1. The fourth-order valence-electron chi connectivity index (χ4n) is 3.78. The molecule has 1 aliphatic heterocycles. The van der Waals surface area contributed by atoms with Crippen LogP contribution in [0, 0.1) is 6.92 Å². The number of sulfonamides is 1. The van der Waals surface area contributed by atoms with Gasteiger partial charge in [0.2, 0.25) is 10.0 Å². The van der Waals surface area contributed by atoms with Gasteiger partial charge in [-0.3, -0.25) is 4.72 Å². The van der Waals surface area contributed by atoms with E-state index in [-0.39, 0.29) is 12.2 Å². The maximum absolute atomic E-state index is 12.3. The fourth-order valence-corrected chi connectivity index (χ4v) is 4.53. The molecule has 0 bridgehead atoms. The highest BCUT2D eigenvalue weighted by Crippen LogP contribution is 2.29. The molecule has 32 heavy (non-hydrogen) atoms. The van der Waals surface area contributed by atoms with Crippen molar-refractivity contribution in [1.29, 1.82) is 0 Å². The van der Waals surface area contributed by atoms with Crippen LogP contribution in [0.3, 0.4) is 0 Å². The zero-order valence-corrected chi connectivity index (χ0v) is 21.1. The second-order valence-electron chi connectivity index (χ2n) is 9.81. The van der Waals surface area contributed by atoms with Crippen molar-refractivity contribution in [1.82, 2.24) is 0 Å². The number of aryl methyl sites for hydroxylation is 1. The molecule has 0 aliphatic carbocycles. The Bertz CT molecular complexity index is 1030. The van der Waals surface area contributed by atoms with Crippen molar-refractivity contribution in [2.75, 3.05) is 21.5 Å². The number of morpholine rings is 1. The van der Waals surface area contributed by atoms with E-state index < -0.39 is 14.8 Å². The lowest BCUT2D eigenvalue weighted by molar-refractivity contribution is -0.0257. The Kier molecular flexibility index (Phi) is 7.10. The molecular formula is C25H37N3O3S. The van der Waals surface area contributed by atoms with Gasteiger partial charge in [0.1, 0.15) is 0 Å². The van der Waals surface area contributed by atoms with E-state index >= 15 is 0 Å². The molecule has 3 atom stereocenters. The van der Waals surface area contributed by atoms with E-state index in [1.54, 1.807) is 32.9 Å². The van der Waals surface area contributed by atoms with Crippen LogP contribution in [-0.2, 0) is 21.3 Å². The molecule has 0 amide bonds. The van der Waals surface area contributed by atoms with E-state index in [2.05, 4.69) is 60.8 Å². The lowest BCUT2D eigenvalue weighted by atomic mass is 10.1. The van der Waals surface area contributed by atoms with Gasteiger partial charge in [-0.2, -0.15) is 0 Å². The van der Waals surface area contributed by atoms with E-state index in [0.717, 1.165) is 17.8 Å². The van der Waals surface area contributed by atoms with Crippen LogP contribution in [0.5, 0.6) is 0 Å². The summed E-state index contributed by atoms with van der Waals surface area (Å²) in [5, 5.41) is 3.50. The Balaban J connectivity index is 1.64. The van der Waals surface area contributed by atoms with Crippen molar-refractivity contribution in [3.8, 4) is 0 Å². The molecule has 6 nitrogen and oxygen atoms in total. The number of anilines is 3. The topological polar surface area (TPSA) is 70.7 Å². The maximum atomic E-state index is 12.3. The van der Waals surface area contributed by atoms with Gasteiger partial charge in [0.15, 0.2) is 0 Å². The largest absolute Gasteiger partial charge is 0.381 e. The summed E-state index contributed by atoms with van der Waals surface area (Å²) >= 11 is 0. The van der Waals surface area contributed by atoms with Crippen LogP contribution in [0.15, 0.2) is 42.5 Å². The van der Waals surface area contributed by atoms with Crippen molar-refractivity contribution >= 4 is 27.1 Å². The summed E-state index contributed by atoms with van der Waals surface area (Å²) in [7, 11) is -3.43. The molecule has 0 radical (unpaired) electrons. The van der Waals surface area contributed by atoms with Crippen LogP contribution < -0.4 is 14.9 Å². The Morgan fingerprint density at radius 2 is 1.72 bits per heavy atom. The summed E-state index contributed by atoms with van der Waals surface area (Å²) in [6, 6.07) is 14.4. The summed E-state index contributed by atoms with van der Waals surface area (Å²) in [5.74, 6) is 0. The van der Waals surface area contributed by atoms with E-state index in [0.29, 0.717) is 18.3 Å². The zero-order valence-electron chi connectivity index (χ0n) is 20.3. The molecule has 2 aromatic carbocycles. The average Bonchev–Trinajstić information content (AvgIpc) is 2.70. The van der Waals surface area contributed by atoms with Gasteiger partial charge < -0.3 is 15.0 Å². The van der Waals surface area contributed by atoms with Gasteiger partial charge in [0.25, 0.3) is 0 Å². The van der Waals surface area contributed by atoms with Crippen LogP contribution in [-0.4, -0.2) is 38.0 Å². The van der Waals surface area contributed by atoms with Gasteiger partial charge in [-0.05, 0) is 89.9 Å². The third-order valence-electron chi connectivity index (χ3n) is 6.11. The van der Waals surface area contributed by atoms with Crippen molar-refractivity contribution in [2.24, 2.45) is 0 Å². The van der Waals surface area contributed by atoms with Gasteiger partial charge >= 0.3 is 0 Å².